The average Bonchev–Trinajstić information content (AvgIpc) is 3.23. The molecule has 1 atom stereocenters. The number of halogens is 3. The number of likely N-dealkylation sites (tertiary alicyclic amines) is 1. The minimum absolute atomic E-state index is 0.198. The summed E-state index contributed by atoms with van der Waals surface area (Å²) in [5.74, 6) is 1.97. The van der Waals surface area contributed by atoms with E-state index in [-0.39, 0.29) is 5.92 Å². The fourth-order valence-electron chi connectivity index (χ4n) is 3.28. The molecule has 154 valence electrons. The molecule has 27 heavy (non-hydrogen) atoms. The highest BCUT2D eigenvalue weighted by Gasteiger charge is 2.33. The molecule has 0 aromatic carbocycles. The van der Waals surface area contributed by atoms with Crippen molar-refractivity contribution in [2.45, 2.75) is 45.8 Å². The van der Waals surface area contributed by atoms with E-state index in [1.165, 1.54) is 4.90 Å². The van der Waals surface area contributed by atoms with Gasteiger partial charge in [0.2, 0.25) is 0 Å². The van der Waals surface area contributed by atoms with Gasteiger partial charge in [-0.1, -0.05) is 25.9 Å². The van der Waals surface area contributed by atoms with Crippen LogP contribution in [0.2, 0.25) is 0 Å². The second-order valence-electron chi connectivity index (χ2n) is 7.32. The van der Waals surface area contributed by atoms with E-state index >= 15 is 0 Å². The zero-order chi connectivity index (χ0) is 20.0. The summed E-state index contributed by atoms with van der Waals surface area (Å²) < 4.78 is 43.3. The Morgan fingerprint density at radius 1 is 1.48 bits per heavy atom. The Balaban J connectivity index is 1.84. The summed E-state index contributed by atoms with van der Waals surface area (Å²) in [6, 6.07) is 1.92. The zero-order valence-corrected chi connectivity index (χ0v) is 16.5. The third-order valence-corrected chi connectivity index (χ3v) is 4.75. The Bertz CT molecular complexity index is 614. The van der Waals surface area contributed by atoms with Crippen LogP contribution in [0.15, 0.2) is 15.6 Å². The summed E-state index contributed by atoms with van der Waals surface area (Å²) in [4.78, 5) is 7.85. The smallest absolute Gasteiger partial charge is 0.359 e. The lowest BCUT2D eigenvalue weighted by atomic mass is 10.1. The number of hydrogen-bond acceptors (Lipinski definition) is 4. The number of aliphatic imine (C=N–C) groups is 1. The molecule has 1 aliphatic heterocycles. The quantitative estimate of drug-likeness (QED) is 0.574. The Morgan fingerprint density at radius 3 is 2.78 bits per heavy atom. The molecule has 6 nitrogen and oxygen atoms in total. The van der Waals surface area contributed by atoms with Gasteiger partial charge in [-0.3, -0.25) is 9.89 Å². The van der Waals surface area contributed by atoms with Crippen LogP contribution in [0.5, 0.6) is 0 Å². The molecule has 0 radical (unpaired) electrons. The van der Waals surface area contributed by atoms with E-state index in [2.05, 4.69) is 34.2 Å². The van der Waals surface area contributed by atoms with Crippen LogP contribution in [0.3, 0.4) is 0 Å². The number of rotatable bonds is 7. The van der Waals surface area contributed by atoms with Gasteiger partial charge in [0.1, 0.15) is 0 Å². The molecule has 9 heteroatoms. The average molecular weight is 389 g/mol. The topological polar surface area (TPSA) is 56.9 Å². The third kappa shape index (κ3) is 6.71. The number of nitrogens with zero attached hydrogens (tertiary/aromatic N) is 4. The summed E-state index contributed by atoms with van der Waals surface area (Å²) in [7, 11) is 1.71. The van der Waals surface area contributed by atoms with Crippen LogP contribution in [0.4, 0.5) is 13.2 Å². The number of alkyl halides is 3. The minimum atomic E-state index is -4.15. The van der Waals surface area contributed by atoms with Crippen molar-refractivity contribution in [3.05, 3.63) is 17.5 Å². The van der Waals surface area contributed by atoms with Crippen LogP contribution in [0.25, 0.3) is 0 Å². The van der Waals surface area contributed by atoms with E-state index in [0.29, 0.717) is 32.1 Å². The Kier molecular flexibility index (Phi) is 7.52. The highest BCUT2D eigenvalue weighted by atomic mass is 19.4. The van der Waals surface area contributed by atoms with Crippen LogP contribution < -0.4 is 5.32 Å². The van der Waals surface area contributed by atoms with E-state index in [1.807, 2.05) is 6.07 Å². The Hall–Kier alpha value is -1.77. The van der Waals surface area contributed by atoms with E-state index < -0.39 is 12.7 Å². The number of guanidine groups is 1. The van der Waals surface area contributed by atoms with Gasteiger partial charge in [-0.25, -0.2) is 0 Å². The van der Waals surface area contributed by atoms with Gasteiger partial charge in [0.15, 0.2) is 11.7 Å². The van der Waals surface area contributed by atoms with Crippen molar-refractivity contribution >= 4 is 5.96 Å². The van der Waals surface area contributed by atoms with Gasteiger partial charge in [0.25, 0.3) is 0 Å². The first-order chi connectivity index (χ1) is 12.7. The van der Waals surface area contributed by atoms with Crippen molar-refractivity contribution < 1.29 is 17.7 Å². The lowest BCUT2D eigenvalue weighted by molar-refractivity contribution is -0.146. The van der Waals surface area contributed by atoms with Crippen molar-refractivity contribution in [3.63, 3.8) is 0 Å². The first-order valence-electron chi connectivity index (χ1n) is 9.42. The van der Waals surface area contributed by atoms with Gasteiger partial charge < -0.3 is 14.7 Å². The summed E-state index contributed by atoms with van der Waals surface area (Å²) in [6.45, 7) is 7.81. The molecule has 1 aromatic heterocycles. The van der Waals surface area contributed by atoms with Gasteiger partial charge in [0.05, 0.1) is 18.8 Å². The lowest BCUT2D eigenvalue weighted by Gasteiger charge is -2.26. The maximum absolute atomic E-state index is 12.6. The van der Waals surface area contributed by atoms with Gasteiger partial charge in [-0.2, -0.15) is 13.2 Å². The largest absolute Gasteiger partial charge is 0.401 e. The van der Waals surface area contributed by atoms with Crippen molar-refractivity contribution in [1.29, 1.82) is 0 Å². The standard InChI is InChI=1S/C18H30F3N5O/c1-5-25(12-18(19,20)21)10-14-6-7-26(11-14)17(22-4)23-9-15-8-16(13(2)3)24-27-15/h8,13-14H,5-7,9-12H2,1-4H3,(H,22,23). The van der Waals surface area contributed by atoms with E-state index in [0.717, 1.165) is 30.4 Å². The molecule has 0 spiro atoms. The molecule has 1 saturated heterocycles. The van der Waals surface area contributed by atoms with Crippen LogP contribution in [0, 0.1) is 5.92 Å². The van der Waals surface area contributed by atoms with Crippen LogP contribution in [0.1, 0.15) is 44.6 Å². The second kappa shape index (κ2) is 9.43. The predicted octanol–water partition coefficient (Wildman–Crippen LogP) is 3.08. The van der Waals surface area contributed by atoms with E-state index in [9.17, 15) is 13.2 Å². The Morgan fingerprint density at radius 2 is 2.22 bits per heavy atom. The molecule has 0 bridgehead atoms. The van der Waals surface area contributed by atoms with Crippen LogP contribution in [-0.2, 0) is 6.54 Å². The number of aromatic nitrogens is 1. The Labute approximate surface area is 158 Å². The van der Waals surface area contributed by atoms with Gasteiger partial charge >= 0.3 is 6.18 Å². The van der Waals surface area contributed by atoms with Crippen molar-refractivity contribution in [2.24, 2.45) is 10.9 Å². The fourth-order valence-corrected chi connectivity index (χ4v) is 3.28. The molecule has 1 unspecified atom stereocenters. The summed E-state index contributed by atoms with van der Waals surface area (Å²) >= 11 is 0. The summed E-state index contributed by atoms with van der Waals surface area (Å²) in [5, 5.41) is 7.29. The van der Waals surface area contributed by atoms with Crippen molar-refractivity contribution in [3.8, 4) is 0 Å². The normalized spacial score (nSPS) is 18.8. The highest BCUT2D eigenvalue weighted by molar-refractivity contribution is 5.80. The molecule has 1 fully saturated rings. The number of hydrogen-bond donors (Lipinski definition) is 1. The second-order valence-corrected chi connectivity index (χ2v) is 7.32. The maximum Gasteiger partial charge on any atom is 0.401 e. The van der Waals surface area contributed by atoms with Crippen LogP contribution in [-0.4, -0.2) is 66.9 Å². The summed E-state index contributed by atoms with van der Waals surface area (Å²) in [5.41, 5.74) is 0.910. The van der Waals surface area contributed by atoms with Gasteiger partial charge in [0, 0.05) is 32.7 Å². The van der Waals surface area contributed by atoms with E-state index in [4.69, 9.17) is 4.52 Å². The first-order valence-corrected chi connectivity index (χ1v) is 9.42. The van der Waals surface area contributed by atoms with Gasteiger partial charge in [-0.15, -0.1) is 0 Å². The molecule has 1 aromatic rings. The maximum atomic E-state index is 12.6. The molecule has 0 aliphatic carbocycles. The monoisotopic (exact) mass is 389 g/mol. The first kappa shape index (κ1) is 21.5. The minimum Gasteiger partial charge on any atom is -0.359 e. The van der Waals surface area contributed by atoms with Gasteiger partial charge in [-0.05, 0) is 24.8 Å². The van der Waals surface area contributed by atoms with Crippen molar-refractivity contribution in [2.75, 3.05) is 39.8 Å². The van der Waals surface area contributed by atoms with Crippen LogP contribution >= 0.6 is 0 Å². The SMILES string of the molecule is CCN(CC1CCN(C(=NC)NCc2cc(C(C)C)no2)C1)CC(F)(F)F. The highest BCUT2D eigenvalue weighted by Crippen LogP contribution is 2.21. The van der Waals surface area contributed by atoms with Crippen molar-refractivity contribution in [1.82, 2.24) is 20.3 Å². The zero-order valence-electron chi connectivity index (χ0n) is 16.5. The molecule has 2 heterocycles. The fraction of sp³-hybridized carbons (Fsp3) is 0.778. The molecular weight excluding hydrogens is 359 g/mol. The van der Waals surface area contributed by atoms with E-state index in [1.54, 1.807) is 14.0 Å². The molecule has 1 N–H and O–H groups in total. The molecule has 2 rings (SSSR count). The third-order valence-electron chi connectivity index (χ3n) is 4.75. The predicted molar refractivity (Wildman–Crippen MR) is 98.6 cm³/mol. The lowest BCUT2D eigenvalue weighted by Crippen LogP contribution is -2.41. The molecule has 0 saturated carbocycles. The summed E-state index contributed by atoms with van der Waals surface area (Å²) in [6.07, 6.45) is -3.30. The molecular formula is C18H30F3N5O. The number of nitrogens with one attached hydrogen (secondary N) is 1. The molecule has 1 aliphatic rings. The molecule has 0 amide bonds.